The zero-order chi connectivity index (χ0) is 8.39. The van der Waals surface area contributed by atoms with E-state index in [1.165, 1.54) is 24.9 Å². The third-order valence-electron chi connectivity index (χ3n) is 2.59. The molecular weight excluding hydrogens is 345 g/mol. The number of likely N-dealkylation sites (tertiary alicyclic amines) is 1. The Hall–Kier alpha value is -0.150. The molecule has 1 radical (unpaired) electrons. The van der Waals surface area contributed by atoms with E-state index in [1.54, 1.807) is 0 Å². The monoisotopic (exact) mass is 359 g/mol. The van der Waals surface area contributed by atoms with Gasteiger partial charge in [0.1, 0.15) is 0 Å². The summed E-state index contributed by atoms with van der Waals surface area (Å²) in [5.74, 6) is 0. The summed E-state index contributed by atoms with van der Waals surface area (Å²) < 4.78 is 0. The Bertz CT molecular complexity index is 250. The van der Waals surface area contributed by atoms with Gasteiger partial charge in [-0.05, 0) is 38.1 Å². The first-order valence-electron chi connectivity index (χ1n) is 4.48. The second-order valence-corrected chi connectivity index (χ2v) is 3.42. The molecule has 0 N–H and O–H groups in total. The molecule has 75 valence electrons. The van der Waals surface area contributed by atoms with Crippen LogP contribution in [0.25, 0.3) is 0 Å². The molecule has 0 saturated carbocycles. The summed E-state index contributed by atoms with van der Waals surface area (Å²) in [6.07, 6.45) is 6.41. The van der Waals surface area contributed by atoms with Crippen molar-refractivity contribution in [2.45, 2.75) is 18.9 Å². The van der Waals surface area contributed by atoms with Crippen molar-refractivity contribution < 1.29 is 22.4 Å². The van der Waals surface area contributed by atoms with Gasteiger partial charge in [-0.2, -0.15) is 0 Å². The van der Waals surface area contributed by atoms with Crippen LogP contribution in [0.15, 0.2) is 24.5 Å². The van der Waals surface area contributed by atoms with E-state index >= 15 is 0 Å². The molecule has 0 bridgehead atoms. The van der Waals surface area contributed by atoms with E-state index in [-0.39, 0.29) is 22.4 Å². The van der Waals surface area contributed by atoms with Crippen LogP contribution in [0.3, 0.4) is 0 Å². The summed E-state index contributed by atoms with van der Waals surface area (Å²) in [5.41, 5.74) is 1.36. The predicted octanol–water partition coefficient (Wildman–Crippen LogP) is 1.85. The Morgan fingerprint density at radius 1 is 1.54 bits per heavy atom. The van der Waals surface area contributed by atoms with Crippen LogP contribution >= 0.6 is 0 Å². The van der Waals surface area contributed by atoms with E-state index in [4.69, 9.17) is 0 Å². The van der Waals surface area contributed by atoms with Crippen molar-refractivity contribution in [3.05, 3.63) is 30.1 Å². The van der Waals surface area contributed by atoms with Gasteiger partial charge in [-0.15, -0.1) is 0 Å². The fourth-order valence-corrected chi connectivity index (χ4v) is 1.90. The average Bonchev–Trinajstić information content (AvgIpc) is 2.53. The third-order valence-corrected chi connectivity index (χ3v) is 2.59. The molecule has 0 aromatic carbocycles. The molecule has 2 rings (SSSR count). The van der Waals surface area contributed by atoms with Crippen molar-refractivity contribution >= 4 is 0 Å². The predicted molar refractivity (Wildman–Crippen MR) is 48.8 cm³/mol. The quantitative estimate of drug-likeness (QED) is 0.712. The summed E-state index contributed by atoms with van der Waals surface area (Å²) in [4.78, 5) is 6.54. The first kappa shape index (κ1) is 10.9. The summed E-state index contributed by atoms with van der Waals surface area (Å²) in [6.45, 7) is 1.22. The van der Waals surface area contributed by atoms with Crippen molar-refractivity contribution in [2.24, 2.45) is 0 Å². The second-order valence-electron chi connectivity index (χ2n) is 3.42. The van der Waals surface area contributed by atoms with Crippen LogP contribution in [0.4, 0.5) is 0 Å². The van der Waals surface area contributed by atoms with Gasteiger partial charge in [0.05, 0.1) is 0 Å². The molecular formula is C10H14AuN2. The largest absolute Gasteiger partial charge is 0.299 e. The van der Waals surface area contributed by atoms with Gasteiger partial charge >= 0.3 is 0 Å². The van der Waals surface area contributed by atoms with E-state index < -0.39 is 0 Å². The topological polar surface area (TPSA) is 16.1 Å². The van der Waals surface area contributed by atoms with Crippen LogP contribution in [0.1, 0.15) is 24.4 Å². The van der Waals surface area contributed by atoms with Crippen molar-refractivity contribution in [3.63, 3.8) is 0 Å². The van der Waals surface area contributed by atoms with Gasteiger partial charge in [0, 0.05) is 40.8 Å². The van der Waals surface area contributed by atoms with Crippen LogP contribution in [0, 0.1) is 0 Å². The SMILES string of the molecule is CN1CCC[C@H]1c1cccnc1.[Au]. The van der Waals surface area contributed by atoms with E-state index in [0.717, 1.165) is 0 Å². The van der Waals surface area contributed by atoms with Crippen LogP contribution < -0.4 is 0 Å². The number of hydrogen-bond acceptors (Lipinski definition) is 2. The number of hydrogen-bond donors (Lipinski definition) is 0. The molecule has 1 fully saturated rings. The van der Waals surface area contributed by atoms with Gasteiger partial charge in [-0.1, -0.05) is 6.07 Å². The standard InChI is InChI=1S/C10H14N2.Au/c1-12-7-3-5-10(12)9-4-2-6-11-8-9;/h2,4,6,8,10H,3,5,7H2,1H3;/t10-;/m0./s1. The van der Waals surface area contributed by atoms with Gasteiger partial charge in [0.15, 0.2) is 0 Å². The zero-order valence-electron chi connectivity index (χ0n) is 7.70. The molecule has 0 aliphatic carbocycles. The van der Waals surface area contributed by atoms with Crippen LogP contribution in [-0.4, -0.2) is 23.5 Å². The number of rotatable bonds is 1. The molecule has 2 heterocycles. The Kier molecular flexibility index (Phi) is 4.13. The van der Waals surface area contributed by atoms with E-state index in [2.05, 4.69) is 23.0 Å². The molecule has 1 atom stereocenters. The third kappa shape index (κ3) is 2.41. The van der Waals surface area contributed by atoms with E-state index in [9.17, 15) is 0 Å². The fraction of sp³-hybridized carbons (Fsp3) is 0.500. The summed E-state index contributed by atoms with van der Waals surface area (Å²) in [7, 11) is 2.19. The normalized spacial score (nSPS) is 22.7. The summed E-state index contributed by atoms with van der Waals surface area (Å²) >= 11 is 0. The van der Waals surface area contributed by atoms with Gasteiger partial charge < -0.3 is 0 Å². The average molecular weight is 359 g/mol. The maximum Gasteiger partial charge on any atom is 0.0360 e. The van der Waals surface area contributed by atoms with Crippen molar-refractivity contribution in [1.29, 1.82) is 0 Å². The first-order chi connectivity index (χ1) is 5.88. The Morgan fingerprint density at radius 3 is 2.92 bits per heavy atom. The van der Waals surface area contributed by atoms with E-state index in [1.807, 2.05) is 18.5 Å². The van der Waals surface area contributed by atoms with Gasteiger partial charge in [-0.25, -0.2) is 0 Å². The Morgan fingerprint density at radius 2 is 2.38 bits per heavy atom. The minimum absolute atomic E-state index is 0. The summed E-state index contributed by atoms with van der Waals surface area (Å²) in [6, 6.07) is 4.79. The Labute approximate surface area is 94.9 Å². The molecule has 1 aromatic rings. The van der Waals surface area contributed by atoms with Crippen LogP contribution in [0.2, 0.25) is 0 Å². The molecule has 1 aromatic heterocycles. The van der Waals surface area contributed by atoms with Crippen LogP contribution in [-0.2, 0) is 22.4 Å². The molecule has 0 spiro atoms. The van der Waals surface area contributed by atoms with Gasteiger partial charge in [0.2, 0.25) is 0 Å². The molecule has 3 heteroatoms. The first-order valence-corrected chi connectivity index (χ1v) is 4.48. The zero-order valence-corrected chi connectivity index (χ0v) is 9.87. The molecule has 0 unspecified atom stereocenters. The molecule has 1 aliphatic heterocycles. The van der Waals surface area contributed by atoms with Gasteiger partial charge in [0.25, 0.3) is 0 Å². The minimum atomic E-state index is 0. The number of aromatic nitrogens is 1. The smallest absolute Gasteiger partial charge is 0.0360 e. The minimum Gasteiger partial charge on any atom is -0.299 e. The van der Waals surface area contributed by atoms with Crippen LogP contribution in [0.5, 0.6) is 0 Å². The van der Waals surface area contributed by atoms with Gasteiger partial charge in [-0.3, -0.25) is 9.88 Å². The second kappa shape index (κ2) is 4.91. The molecule has 13 heavy (non-hydrogen) atoms. The van der Waals surface area contributed by atoms with Crippen molar-refractivity contribution in [2.75, 3.05) is 13.6 Å². The number of nitrogens with zero attached hydrogens (tertiary/aromatic N) is 2. The maximum absolute atomic E-state index is 4.14. The van der Waals surface area contributed by atoms with Crippen molar-refractivity contribution in [3.8, 4) is 0 Å². The van der Waals surface area contributed by atoms with E-state index in [0.29, 0.717) is 6.04 Å². The molecule has 2 nitrogen and oxygen atoms in total. The molecule has 0 amide bonds. The Balaban J connectivity index is 0.000000845. The maximum atomic E-state index is 4.14. The number of pyridine rings is 1. The summed E-state index contributed by atoms with van der Waals surface area (Å²) in [5, 5.41) is 0. The van der Waals surface area contributed by atoms with Crippen molar-refractivity contribution in [1.82, 2.24) is 9.88 Å². The molecule has 1 saturated heterocycles. The fourth-order valence-electron chi connectivity index (χ4n) is 1.90. The molecule has 1 aliphatic rings.